The van der Waals surface area contributed by atoms with Crippen LogP contribution in [0.3, 0.4) is 0 Å². The van der Waals surface area contributed by atoms with Gasteiger partial charge < -0.3 is 4.90 Å². The number of aromatic nitrogens is 2. The summed E-state index contributed by atoms with van der Waals surface area (Å²) in [5.41, 5.74) is 6.52. The van der Waals surface area contributed by atoms with Gasteiger partial charge in [0, 0.05) is 6.54 Å². The average molecular weight is 364 g/mol. The molecular formula is C20H20N4OS. The lowest BCUT2D eigenvalue weighted by Gasteiger charge is -2.29. The molecule has 3 aromatic rings. The highest BCUT2D eigenvalue weighted by Crippen LogP contribution is 2.36. The molecule has 0 bridgehead atoms. The van der Waals surface area contributed by atoms with Crippen LogP contribution in [0.5, 0.6) is 0 Å². The number of nitrogens with one attached hydrogen (secondary N) is 1. The Morgan fingerprint density at radius 3 is 2.81 bits per heavy atom. The van der Waals surface area contributed by atoms with Crippen molar-refractivity contribution in [2.45, 2.75) is 32.4 Å². The molecule has 4 rings (SSSR count). The van der Waals surface area contributed by atoms with Gasteiger partial charge in [0.2, 0.25) is 5.13 Å². The molecule has 1 heterocycles. The van der Waals surface area contributed by atoms with Crippen molar-refractivity contribution < 1.29 is 4.79 Å². The summed E-state index contributed by atoms with van der Waals surface area (Å²) in [6.45, 7) is 2.63. The van der Waals surface area contributed by atoms with Crippen LogP contribution < -0.4 is 5.32 Å². The number of carbonyl (C=O) groups is 1. The number of hydrogen-bond acceptors (Lipinski definition) is 4. The number of hydrogen-bond donors (Lipinski definition) is 1. The van der Waals surface area contributed by atoms with Gasteiger partial charge in [0.1, 0.15) is 5.51 Å². The fraction of sp³-hybridized carbons (Fsp3) is 0.250. The van der Waals surface area contributed by atoms with Crippen LogP contribution in [0.15, 0.2) is 54.0 Å². The lowest BCUT2D eigenvalue weighted by Crippen LogP contribution is -2.37. The third-order valence-corrected chi connectivity index (χ3v) is 5.39. The van der Waals surface area contributed by atoms with Gasteiger partial charge in [0.25, 0.3) is 0 Å². The van der Waals surface area contributed by atoms with Gasteiger partial charge in [-0.3, -0.25) is 5.32 Å². The van der Waals surface area contributed by atoms with Crippen molar-refractivity contribution in [3.05, 3.63) is 76.3 Å². The summed E-state index contributed by atoms with van der Waals surface area (Å²) in [6, 6.07) is 16.7. The Balaban J connectivity index is 1.62. The SMILES string of the molecule is Cc1ccc(CN(C(=O)Nc2nncs2)[C@H]2CCc3ccccc32)cc1. The van der Waals surface area contributed by atoms with Crippen LogP contribution >= 0.6 is 11.3 Å². The van der Waals surface area contributed by atoms with Gasteiger partial charge in [-0.1, -0.05) is 65.4 Å². The summed E-state index contributed by atoms with van der Waals surface area (Å²) in [5, 5.41) is 11.2. The standard InChI is InChI=1S/C20H20N4OS/c1-14-6-8-15(9-7-14)12-24(20(25)22-19-23-21-13-26-19)18-11-10-16-4-2-3-5-17(16)18/h2-9,13,18H,10-12H2,1H3,(H,22,23,25)/t18-/m0/s1. The maximum atomic E-state index is 13.0. The van der Waals surface area contributed by atoms with E-state index in [-0.39, 0.29) is 12.1 Å². The number of carbonyl (C=O) groups excluding carboxylic acids is 1. The summed E-state index contributed by atoms with van der Waals surface area (Å²) in [4.78, 5) is 14.9. The molecule has 0 radical (unpaired) electrons. The minimum atomic E-state index is -0.135. The smallest absolute Gasteiger partial charge is 0.313 e. The fourth-order valence-corrected chi connectivity index (χ4v) is 3.90. The van der Waals surface area contributed by atoms with Gasteiger partial charge in [-0.2, -0.15) is 0 Å². The Hall–Kier alpha value is -2.73. The van der Waals surface area contributed by atoms with Crippen molar-refractivity contribution in [2.24, 2.45) is 0 Å². The zero-order valence-electron chi connectivity index (χ0n) is 14.6. The molecule has 2 amide bonds. The van der Waals surface area contributed by atoms with Crippen molar-refractivity contribution >= 4 is 22.5 Å². The molecule has 6 heteroatoms. The molecule has 0 saturated carbocycles. The Kier molecular flexibility index (Phi) is 4.67. The van der Waals surface area contributed by atoms with Gasteiger partial charge in [0.05, 0.1) is 6.04 Å². The summed E-state index contributed by atoms with van der Waals surface area (Å²) >= 11 is 1.32. The second-order valence-corrected chi connectivity index (χ2v) is 7.37. The molecule has 1 N–H and O–H groups in total. The average Bonchev–Trinajstić information content (AvgIpc) is 3.31. The van der Waals surface area contributed by atoms with E-state index in [2.05, 4.69) is 64.9 Å². The molecule has 132 valence electrons. The van der Waals surface area contributed by atoms with Crippen LogP contribution in [0, 0.1) is 6.92 Å². The van der Waals surface area contributed by atoms with Gasteiger partial charge in [-0.05, 0) is 36.5 Å². The first-order chi connectivity index (χ1) is 12.7. The topological polar surface area (TPSA) is 58.1 Å². The minimum absolute atomic E-state index is 0.0698. The summed E-state index contributed by atoms with van der Waals surface area (Å²) in [5.74, 6) is 0. The summed E-state index contributed by atoms with van der Waals surface area (Å²) in [7, 11) is 0. The van der Waals surface area contributed by atoms with Crippen LogP contribution in [0.2, 0.25) is 0 Å². The van der Waals surface area contributed by atoms with Crippen LogP contribution in [0.4, 0.5) is 9.93 Å². The highest BCUT2D eigenvalue weighted by atomic mass is 32.1. The Morgan fingerprint density at radius 2 is 2.04 bits per heavy atom. The number of nitrogens with zero attached hydrogens (tertiary/aromatic N) is 3. The van der Waals surface area contributed by atoms with Crippen LogP contribution in [-0.4, -0.2) is 21.1 Å². The maximum absolute atomic E-state index is 13.0. The van der Waals surface area contributed by atoms with Crippen LogP contribution in [0.1, 0.15) is 34.7 Å². The molecule has 26 heavy (non-hydrogen) atoms. The molecule has 0 spiro atoms. The number of urea groups is 1. The number of anilines is 1. The minimum Gasteiger partial charge on any atom is -0.313 e. The van der Waals surface area contributed by atoms with Crippen molar-refractivity contribution in [1.29, 1.82) is 0 Å². The molecular weight excluding hydrogens is 344 g/mol. The molecule has 0 aliphatic heterocycles. The molecule has 0 fully saturated rings. The predicted molar refractivity (Wildman–Crippen MR) is 103 cm³/mol. The highest BCUT2D eigenvalue weighted by Gasteiger charge is 2.31. The number of amides is 2. The van der Waals surface area contributed by atoms with E-state index in [0.717, 1.165) is 18.4 Å². The Bertz CT molecular complexity index is 892. The van der Waals surface area contributed by atoms with Crippen LogP contribution in [0.25, 0.3) is 0 Å². The number of fused-ring (bicyclic) bond motifs is 1. The van der Waals surface area contributed by atoms with E-state index in [4.69, 9.17) is 0 Å². The molecule has 1 aliphatic carbocycles. The Morgan fingerprint density at radius 1 is 1.23 bits per heavy atom. The first kappa shape index (κ1) is 16.7. The zero-order chi connectivity index (χ0) is 17.9. The van der Waals surface area contributed by atoms with Crippen molar-refractivity contribution in [3.63, 3.8) is 0 Å². The van der Waals surface area contributed by atoms with E-state index in [1.165, 1.54) is 28.0 Å². The predicted octanol–water partition coefficient (Wildman–Crippen LogP) is 4.57. The van der Waals surface area contributed by atoms with Gasteiger partial charge >= 0.3 is 6.03 Å². The molecule has 0 saturated heterocycles. The molecule has 5 nitrogen and oxygen atoms in total. The molecule has 1 aromatic heterocycles. The molecule has 1 aliphatic rings. The van der Waals surface area contributed by atoms with E-state index in [1.54, 1.807) is 5.51 Å². The number of aryl methyl sites for hydroxylation is 2. The normalized spacial score (nSPS) is 15.5. The van der Waals surface area contributed by atoms with Crippen molar-refractivity contribution in [2.75, 3.05) is 5.32 Å². The third kappa shape index (κ3) is 3.46. The van der Waals surface area contributed by atoms with Gasteiger partial charge in [-0.15, -0.1) is 10.2 Å². The first-order valence-corrected chi connectivity index (χ1v) is 9.56. The molecule has 2 aromatic carbocycles. The van der Waals surface area contributed by atoms with E-state index in [0.29, 0.717) is 11.7 Å². The summed E-state index contributed by atoms with van der Waals surface area (Å²) < 4.78 is 0. The third-order valence-electron chi connectivity index (χ3n) is 4.79. The molecule has 1 atom stereocenters. The number of benzene rings is 2. The maximum Gasteiger partial charge on any atom is 0.324 e. The van der Waals surface area contributed by atoms with Crippen molar-refractivity contribution in [1.82, 2.24) is 15.1 Å². The van der Waals surface area contributed by atoms with Crippen molar-refractivity contribution in [3.8, 4) is 0 Å². The van der Waals surface area contributed by atoms with E-state index >= 15 is 0 Å². The summed E-state index contributed by atoms with van der Waals surface area (Å²) in [6.07, 6.45) is 1.94. The fourth-order valence-electron chi connectivity index (χ4n) is 3.46. The second-order valence-electron chi connectivity index (χ2n) is 6.54. The van der Waals surface area contributed by atoms with E-state index < -0.39 is 0 Å². The zero-order valence-corrected chi connectivity index (χ0v) is 15.4. The van der Waals surface area contributed by atoms with E-state index in [9.17, 15) is 4.79 Å². The van der Waals surface area contributed by atoms with E-state index in [1.807, 2.05) is 11.0 Å². The largest absolute Gasteiger partial charge is 0.324 e. The Labute approximate surface area is 156 Å². The van der Waals surface area contributed by atoms with Gasteiger partial charge in [0.15, 0.2) is 0 Å². The monoisotopic (exact) mass is 364 g/mol. The molecule has 0 unspecified atom stereocenters. The highest BCUT2D eigenvalue weighted by molar-refractivity contribution is 7.13. The van der Waals surface area contributed by atoms with Crippen LogP contribution in [-0.2, 0) is 13.0 Å². The lowest BCUT2D eigenvalue weighted by atomic mass is 10.1. The second kappa shape index (κ2) is 7.25. The first-order valence-electron chi connectivity index (χ1n) is 8.68. The lowest BCUT2D eigenvalue weighted by molar-refractivity contribution is 0.183. The van der Waals surface area contributed by atoms with Gasteiger partial charge in [-0.25, -0.2) is 4.79 Å². The quantitative estimate of drug-likeness (QED) is 0.738. The number of rotatable bonds is 4.